The van der Waals surface area contributed by atoms with Crippen LogP contribution in [0.5, 0.6) is 0 Å². The Morgan fingerprint density at radius 3 is 2.86 bits per heavy atom. The average Bonchev–Trinajstić information content (AvgIpc) is 3.19. The molecule has 0 saturated heterocycles. The lowest BCUT2D eigenvalue weighted by Crippen LogP contribution is -2.06. The SMILES string of the molecule is Cc1c(C(=O)C2=Cc3ccccc3C2)cnn1-c1ccc2nc(C3CC3)[nH]c2c1. The summed E-state index contributed by atoms with van der Waals surface area (Å²) in [5.74, 6) is 1.73. The van der Waals surface area contributed by atoms with Crippen LogP contribution in [0.15, 0.2) is 54.2 Å². The second-order valence-corrected chi connectivity index (χ2v) is 8.03. The third-order valence-corrected chi connectivity index (χ3v) is 6.00. The number of nitrogens with zero attached hydrogens (tertiary/aromatic N) is 3. The van der Waals surface area contributed by atoms with Crippen LogP contribution in [-0.2, 0) is 6.42 Å². The molecule has 2 heterocycles. The van der Waals surface area contributed by atoms with Crippen molar-refractivity contribution >= 4 is 22.9 Å². The summed E-state index contributed by atoms with van der Waals surface area (Å²) in [4.78, 5) is 21.3. The van der Waals surface area contributed by atoms with Gasteiger partial charge in [0.05, 0.1) is 34.2 Å². The standard InChI is InChI=1S/C24H20N4O/c1-14-20(23(29)18-10-16-4-2-3-5-17(16)11-18)13-25-28(14)19-8-9-21-22(12-19)27-24(26-21)15-6-7-15/h2-5,8-10,12-13,15H,6-7,11H2,1H3,(H,26,27). The number of imidazole rings is 1. The molecule has 2 aromatic heterocycles. The van der Waals surface area contributed by atoms with Crippen LogP contribution in [0.1, 0.15) is 51.8 Å². The van der Waals surface area contributed by atoms with Gasteiger partial charge in [0, 0.05) is 17.9 Å². The van der Waals surface area contributed by atoms with Gasteiger partial charge in [-0.2, -0.15) is 5.10 Å². The summed E-state index contributed by atoms with van der Waals surface area (Å²) in [6.45, 7) is 1.95. The highest BCUT2D eigenvalue weighted by Gasteiger charge is 2.27. The largest absolute Gasteiger partial charge is 0.342 e. The molecule has 2 aliphatic carbocycles. The van der Waals surface area contributed by atoms with E-state index in [-0.39, 0.29) is 5.78 Å². The van der Waals surface area contributed by atoms with E-state index in [1.165, 1.54) is 18.4 Å². The highest BCUT2D eigenvalue weighted by molar-refractivity contribution is 6.13. The molecule has 0 spiro atoms. The Hall–Kier alpha value is -3.47. The molecule has 6 rings (SSSR count). The van der Waals surface area contributed by atoms with Crippen LogP contribution in [0.3, 0.4) is 0 Å². The summed E-state index contributed by atoms with van der Waals surface area (Å²) in [6, 6.07) is 14.3. The van der Waals surface area contributed by atoms with Gasteiger partial charge in [-0.15, -0.1) is 0 Å². The van der Waals surface area contributed by atoms with Gasteiger partial charge in [-0.25, -0.2) is 9.67 Å². The minimum Gasteiger partial charge on any atom is -0.342 e. The topological polar surface area (TPSA) is 63.6 Å². The summed E-state index contributed by atoms with van der Waals surface area (Å²) in [6.07, 6.45) is 6.81. The number of fused-ring (bicyclic) bond motifs is 2. The molecule has 29 heavy (non-hydrogen) atoms. The zero-order chi connectivity index (χ0) is 19.5. The average molecular weight is 380 g/mol. The highest BCUT2D eigenvalue weighted by atomic mass is 16.1. The number of H-pyrrole nitrogens is 1. The molecule has 0 radical (unpaired) electrons. The number of hydrogen-bond donors (Lipinski definition) is 1. The van der Waals surface area contributed by atoms with Crippen molar-refractivity contribution in [1.29, 1.82) is 0 Å². The molecule has 0 unspecified atom stereocenters. The molecule has 0 amide bonds. The molecule has 1 N–H and O–H groups in total. The number of rotatable bonds is 4. The number of aromatic nitrogens is 4. The van der Waals surface area contributed by atoms with Crippen molar-refractivity contribution in [2.24, 2.45) is 0 Å². The maximum absolute atomic E-state index is 13.1. The lowest BCUT2D eigenvalue weighted by molar-refractivity contribution is 0.103. The Morgan fingerprint density at radius 2 is 2.03 bits per heavy atom. The lowest BCUT2D eigenvalue weighted by Gasteiger charge is -2.06. The number of carbonyl (C=O) groups excluding carboxylic acids is 1. The maximum Gasteiger partial charge on any atom is 0.192 e. The number of ketones is 1. The van der Waals surface area contributed by atoms with E-state index in [4.69, 9.17) is 4.98 Å². The summed E-state index contributed by atoms with van der Waals surface area (Å²) in [5.41, 5.74) is 7.61. The van der Waals surface area contributed by atoms with E-state index in [2.05, 4.69) is 28.3 Å². The van der Waals surface area contributed by atoms with Gasteiger partial charge in [-0.05, 0) is 55.2 Å². The summed E-state index contributed by atoms with van der Waals surface area (Å²) < 4.78 is 1.84. The van der Waals surface area contributed by atoms with Gasteiger partial charge >= 0.3 is 0 Å². The van der Waals surface area contributed by atoms with E-state index < -0.39 is 0 Å². The molecular weight excluding hydrogens is 360 g/mol. The minimum atomic E-state index is 0.0589. The van der Waals surface area contributed by atoms with E-state index >= 15 is 0 Å². The van der Waals surface area contributed by atoms with Crippen LogP contribution >= 0.6 is 0 Å². The minimum absolute atomic E-state index is 0.0589. The fourth-order valence-corrected chi connectivity index (χ4v) is 4.19. The molecule has 142 valence electrons. The van der Waals surface area contributed by atoms with Gasteiger partial charge in [0.1, 0.15) is 5.82 Å². The Kier molecular flexibility index (Phi) is 3.42. The molecule has 4 aromatic rings. The first-order chi connectivity index (χ1) is 14.2. The Labute approximate surface area is 168 Å². The Bertz CT molecular complexity index is 1320. The summed E-state index contributed by atoms with van der Waals surface area (Å²) >= 11 is 0. The van der Waals surface area contributed by atoms with Crippen LogP contribution in [-0.4, -0.2) is 25.5 Å². The zero-order valence-electron chi connectivity index (χ0n) is 16.1. The lowest BCUT2D eigenvalue weighted by atomic mass is 10.0. The molecule has 2 aliphatic rings. The molecule has 1 fully saturated rings. The number of carbonyl (C=O) groups is 1. The molecular formula is C24H20N4O. The number of benzene rings is 2. The predicted octanol–water partition coefficient (Wildman–Crippen LogP) is 4.76. The number of Topliss-reactive ketones (excluding diaryl/α,β-unsaturated/α-hetero) is 1. The number of hydrogen-bond acceptors (Lipinski definition) is 3. The van der Waals surface area contributed by atoms with Crippen molar-refractivity contribution in [2.75, 3.05) is 0 Å². The summed E-state index contributed by atoms with van der Waals surface area (Å²) in [7, 11) is 0. The zero-order valence-corrected chi connectivity index (χ0v) is 16.1. The van der Waals surface area contributed by atoms with Crippen molar-refractivity contribution in [3.63, 3.8) is 0 Å². The third-order valence-electron chi connectivity index (χ3n) is 6.00. The molecule has 0 aliphatic heterocycles. The fourth-order valence-electron chi connectivity index (χ4n) is 4.19. The van der Waals surface area contributed by atoms with Crippen LogP contribution in [0, 0.1) is 6.92 Å². The van der Waals surface area contributed by atoms with Gasteiger partial charge in [0.25, 0.3) is 0 Å². The predicted molar refractivity (Wildman–Crippen MR) is 112 cm³/mol. The number of allylic oxidation sites excluding steroid dienone is 1. The van der Waals surface area contributed by atoms with Gasteiger partial charge in [-0.1, -0.05) is 24.3 Å². The van der Waals surface area contributed by atoms with Crippen molar-refractivity contribution in [2.45, 2.75) is 32.1 Å². The van der Waals surface area contributed by atoms with E-state index in [0.717, 1.165) is 39.4 Å². The van der Waals surface area contributed by atoms with Gasteiger partial charge < -0.3 is 4.98 Å². The van der Waals surface area contributed by atoms with E-state index in [9.17, 15) is 4.79 Å². The van der Waals surface area contributed by atoms with Crippen molar-refractivity contribution in [1.82, 2.24) is 19.7 Å². The van der Waals surface area contributed by atoms with E-state index in [1.807, 2.05) is 41.9 Å². The summed E-state index contributed by atoms with van der Waals surface area (Å²) in [5, 5.41) is 4.52. The number of aromatic amines is 1. The first-order valence-corrected chi connectivity index (χ1v) is 10.1. The Morgan fingerprint density at radius 1 is 1.17 bits per heavy atom. The molecule has 2 aromatic carbocycles. The fraction of sp³-hybridized carbons (Fsp3) is 0.208. The molecule has 5 heteroatoms. The van der Waals surface area contributed by atoms with Crippen LogP contribution in [0.4, 0.5) is 0 Å². The maximum atomic E-state index is 13.1. The van der Waals surface area contributed by atoms with Gasteiger partial charge in [0.15, 0.2) is 5.78 Å². The molecule has 0 atom stereocenters. The molecule has 0 bridgehead atoms. The molecule has 5 nitrogen and oxygen atoms in total. The van der Waals surface area contributed by atoms with Gasteiger partial charge in [0.2, 0.25) is 0 Å². The van der Waals surface area contributed by atoms with Crippen LogP contribution < -0.4 is 0 Å². The molecule has 1 saturated carbocycles. The third kappa shape index (κ3) is 2.65. The first-order valence-electron chi connectivity index (χ1n) is 10.1. The highest BCUT2D eigenvalue weighted by Crippen LogP contribution is 2.39. The van der Waals surface area contributed by atoms with E-state index in [1.54, 1.807) is 6.20 Å². The quantitative estimate of drug-likeness (QED) is 0.519. The second kappa shape index (κ2) is 6.01. The smallest absolute Gasteiger partial charge is 0.192 e. The van der Waals surface area contributed by atoms with Crippen molar-refractivity contribution in [3.8, 4) is 5.69 Å². The van der Waals surface area contributed by atoms with Gasteiger partial charge in [-0.3, -0.25) is 4.79 Å². The van der Waals surface area contributed by atoms with Crippen LogP contribution in [0.2, 0.25) is 0 Å². The second-order valence-electron chi connectivity index (χ2n) is 8.03. The first kappa shape index (κ1) is 16.5. The van der Waals surface area contributed by atoms with E-state index in [0.29, 0.717) is 17.9 Å². The van der Waals surface area contributed by atoms with Crippen molar-refractivity contribution in [3.05, 3.63) is 82.4 Å². The van der Waals surface area contributed by atoms with Crippen molar-refractivity contribution < 1.29 is 4.79 Å². The normalized spacial score (nSPS) is 15.6. The monoisotopic (exact) mass is 380 g/mol. The van der Waals surface area contributed by atoms with Crippen LogP contribution in [0.25, 0.3) is 22.8 Å². The Balaban J connectivity index is 1.34. The number of nitrogens with one attached hydrogen (secondary N) is 1.